The molecule has 0 fully saturated rings. The fourth-order valence-corrected chi connectivity index (χ4v) is 6.34. The van der Waals surface area contributed by atoms with E-state index in [9.17, 15) is 14.4 Å². The number of anilines is 2. The molecule has 2 aromatic rings. The van der Waals surface area contributed by atoms with Crippen molar-refractivity contribution < 1.29 is 19.1 Å². The van der Waals surface area contributed by atoms with Gasteiger partial charge in [-0.1, -0.05) is 35.8 Å². The van der Waals surface area contributed by atoms with Crippen LogP contribution in [0.1, 0.15) is 43.4 Å². The summed E-state index contributed by atoms with van der Waals surface area (Å²) in [6.07, 6.45) is 0.730. The third-order valence-corrected chi connectivity index (χ3v) is 7.69. The highest BCUT2D eigenvalue weighted by Crippen LogP contribution is 2.57. The number of ketones is 1. The summed E-state index contributed by atoms with van der Waals surface area (Å²) < 4.78 is 5.91. The highest BCUT2D eigenvalue weighted by molar-refractivity contribution is 9.10. The summed E-state index contributed by atoms with van der Waals surface area (Å²) in [4.78, 5) is 43.3. The number of nitrogens with two attached hydrogens (primary N) is 1. The molecule has 2 heterocycles. The van der Waals surface area contributed by atoms with Crippen LogP contribution in [0, 0.1) is 19.3 Å². The molecule has 3 aliphatic rings. The Hall–Kier alpha value is -3.39. The van der Waals surface area contributed by atoms with Gasteiger partial charge in [0.15, 0.2) is 5.78 Å². The largest absolute Gasteiger partial charge is 0.466 e. The third kappa shape index (κ3) is 3.34. The number of esters is 1. The Morgan fingerprint density at radius 2 is 1.75 bits per heavy atom. The number of fused-ring (bicyclic) bond motifs is 3. The Balaban J connectivity index is 1.95. The molecule has 0 bridgehead atoms. The van der Waals surface area contributed by atoms with Crippen molar-refractivity contribution in [1.29, 1.82) is 0 Å². The second-order valence-electron chi connectivity index (χ2n) is 10.6. The number of nitrogens with one attached hydrogen (secondary N) is 1. The standard InChI is InChI=1S/C28H28BrN3O4/c1-14-8-15(2)10-17(9-14)32-20-12-27(3,4)13-21(33)22(20)28(23(24(32)30)25(34)36-5)18-11-16(29)6-7-19(18)31-26(28)35/h6-11H,12-13,30H2,1-5H3,(H,31,35). The number of ether oxygens (including phenoxy) is 1. The highest BCUT2D eigenvalue weighted by atomic mass is 79.9. The Labute approximate surface area is 218 Å². The van der Waals surface area contributed by atoms with Crippen molar-refractivity contribution in [2.24, 2.45) is 11.1 Å². The van der Waals surface area contributed by atoms with E-state index in [0.29, 0.717) is 27.8 Å². The Bertz CT molecular complexity index is 1420. The van der Waals surface area contributed by atoms with E-state index in [1.165, 1.54) is 7.11 Å². The molecular weight excluding hydrogens is 522 g/mol. The second-order valence-corrected chi connectivity index (χ2v) is 11.5. The molecule has 1 atom stereocenters. The first-order valence-corrected chi connectivity index (χ1v) is 12.6. The van der Waals surface area contributed by atoms with E-state index in [4.69, 9.17) is 10.5 Å². The lowest BCUT2D eigenvalue weighted by Crippen LogP contribution is -2.54. The number of carbonyl (C=O) groups is 3. The molecule has 1 aliphatic carbocycles. The molecule has 8 heteroatoms. The van der Waals surface area contributed by atoms with E-state index in [2.05, 4.69) is 21.2 Å². The number of rotatable bonds is 2. The summed E-state index contributed by atoms with van der Waals surface area (Å²) in [6, 6.07) is 11.3. The number of amides is 1. The van der Waals surface area contributed by atoms with Crippen molar-refractivity contribution >= 4 is 45.0 Å². The zero-order valence-corrected chi connectivity index (χ0v) is 22.5. The van der Waals surface area contributed by atoms with E-state index in [0.717, 1.165) is 16.8 Å². The van der Waals surface area contributed by atoms with Crippen LogP contribution in [0.4, 0.5) is 11.4 Å². The summed E-state index contributed by atoms with van der Waals surface area (Å²) in [5.74, 6) is -1.35. The predicted molar refractivity (Wildman–Crippen MR) is 141 cm³/mol. The number of Topliss-reactive ketones (excluding diaryl/α,β-unsaturated/α-hetero) is 1. The Morgan fingerprint density at radius 3 is 2.39 bits per heavy atom. The van der Waals surface area contributed by atoms with Crippen molar-refractivity contribution in [1.82, 2.24) is 0 Å². The van der Waals surface area contributed by atoms with Crippen molar-refractivity contribution in [2.75, 3.05) is 17.3 Å². The number of aryl methyl sites for hydroxylation is 2. The van der Waals surface area contributed by atoms with Gasteiger partial charge in [-0.25, -0.2) is 4.79 Å². The maximum Gasteiger partial charge on any atom is 0.339 e. The molecule has 3 N–H and O–H groups in total. The van der Waals surface area contributed by atoms with Crippen LogP contribution < -0.4 is 16.0 Å². The molecule has 1 spiro atoms. The number of allylic oxidation sites excluding steroid dienone is 1. The SMILES string of the molecule is COC(=O)C1=C(N)N(c2cc(C)cc(C)c2)C2=C(C(=O)CC(C)(C)C2)C12C(=O)Nc1ccc(Br)cc12. The topological polar surface area (TPSA) is 102 Å². The molecular formula is C28H28BrN3O4. The van der Waals surface area contributed by atoms with E-state index in [1.807, 2.05) is 45.9 Å². The van der Waals surface area contributed by atoms with Gasteiger partial charge >= 0.3 is 5.97 Å². The minimum Gasteiger partial charge on any atom is -0.466 e. The van der Waals surface area contributed by atoms with Crippen molar-refractivity contribution in [3.63, 3.8) is 0 Å². The first-order chi connectivity index (χ1) is 16.9. The van der Waals surface area contributed by atoms with Crippen LogP contribution in [-0.4, -0.2) is 24.8 Å². The van der Waals surface area contributed by atoms with Gasteiger partial charge < -0.3 is 15.8 Å². The van der Waals surface area contributed by atoms with E-state index >= 15 is 0 Å². The maximum atomic E-state index is 14.0. The average molecular weight is 550 g/mol. The Morgan fingerprint density at radius 1 is 1.08 bits per heavy atom. The summed E-state index contributed by atoms with van der Waals surface area (Å²) >= 11 is 3.50. The molecule has 2 aromatic carbocycles. The summed E-state index contributed by atoms with van der Waals surface area (Å²) in [5, 5.41) is 2.90. The molecule has 36 heavy (non-hydrogen) atoms. The van der Waals surface area contributed by atoms with E-state index in [1.54, 1.807) is 23.1 Å². The molecule has 7 nitrogen and oxygen atoms in total. The third-order valence-electron chi connectivity index (χ3n) is 7.20. The number of benzene rings is 2. The molecule has 1 unspecified atom stereocenters. The smallest absolute Gasteiger partial charge is 0.339 e. The van der Waals surface area contributed by atoms with Crippen LogP contribution in [0.25, 0.3) is 0 Å². The number of halogens is 1. The summed E-state index contributed by atoms with van der Waals surface area (Å²) in [5.41, 5.74) is 9.42. The van der Waals surface area contributed by atoms with E-state index < -0.39 is 17.3 Å². The molecule has 1 amide bonds. The molecule has 5 rings (SSSR count). The van der Waals surface area contributed by atoms with Gasteiger partial charge in [-0.15, -0.1) is 0 Å². The fraction of sp³-hybridized carbons (Fsp3) is 0.321. The maximum absolute atomic E-state index is 14.0. The number of nitrogens with zero attached hydrogens (tertiary/aromatic N) is 1. The van der Waals surface area contributed by atoms with Crippen LogP contribution in [-0.2, 0) is 24.5 Å². The van der Waals surface area contributed by atoms with Crippen LogP contribution in [0.5, 0.6) is 0 Å². The van der Waals surface area contributed by atoms with Gasteiger partial charge in [0.05, 0.1) is 7.11 Å². The zero-order valence-electron chi connectivity index (χ0n) is 20.9. The van der Waals surface area contributed by atoms with Gasteiger partial charge in [-0.2, -0.15) is 0 Å². The van der Waals surface area contributed by atoms with Gasteiger partial charge in [0.2, 0.25) is 5.91 Å². The van der Waals surface area contributed by atoms with Crippen LogP contribution in [0.15, 0.2) is 63.5 Å². The lowest BCUT2D eigenvalue weighted by atomic mass is 9.60. The average Bonchev–Trinajstić information content (AvgIpc) is 3.03. The van der Waals surface area contributed by atoms with Crippen molar-refractivity contribution in [3.05, 3.63) is 80.2 Å². The van der Waals surface area contributed by atoms with Crippen molar-refractivity contribution in [3.8, 4) is 0 Å². The quantitative estimate of drug-likeness (QED) is 0.523. The lowest BCUT2D eigenvalue weighted by Gasteiger charge is -2.47. The summed E-state index contributed by atoms with van der Waals surface area (Å²) in [6.45, 7) is 8.00. The van der Waals surface area contributed by atoms with Gasteiger partial charge in [0, 0.05) is 39.1 Å². The van der Waals surface area contributed by atoms with E-state index in [-0.39, 0.29) is 34.6 Å². The molecule has 0 saturated carbocycles. The minimum absolute atomic E-state index is 0.0506. The van der Waals surface area contributed by atoms with Crippen LogP contribution in [0.2, 0.25) is 0 Å². The van der Waals surface area contributed by atoms with Crippen LogP contribution in [0.3, 0.4) is 0 Å². The molecule has 2 aliphatic heterocycles. The molecule has 0 radical (unpaired) electrons. The first-order valence-electron chi connectivity index (χ1n) is 11.8. The second kappa shape index (κ2) is 8.06. The monoisotopic (exact) mass is 549 g/mol. The normalized spacial score (nSPS) is 22.6. The van der Waals surface area contributed by atoms with Gasteiger partial charge in [0.25, 0.3) is 0 Å². The fourth-order valence-electron chi connectivity index (χ4n) is 5.98. The number of hydrogen-bond acceptors (Lipinski definition) is 6. The van der Waals surface area contributed by atoms with Crippen molar-refractivity contribution in [2.45, 2.75) is 46.0 Å². The zero-order chi connectivity index (χ0) is 26.2. The molecule has 186 valence electrons. The number of hydrogen-bond donors (Lipinski definition) is 2. The number of carbonyl (C=O) groups excluding carboxylic acids is 3. The summed E-state index contributed by atoms with van der Waals surface area (Å²) in [7, 11) is 1.25. The van der Waals surface area contributed by atoms with Gasteiger partial charge in [0.1, 0.15) is 16.8 Å². The number of methoxy groups -OCH3 is 1. The highest BCUT2D eigenvalue weighted by Gasteiger charge is 2.63. The molecule has 0 aromatic heterocycles. The molecule has 0 saturated heterocycles. The Kier molecular flexibility index (Phi) is 5.44. The minimum atomic E-state index is -1.71. The first kappa shape index (κ1) is 24.3. The lowest BCUT2D eigenvalue weighted by molar-refractivity contribution is -0.138. The van der Waals surface area contributed by atoms with Gasteiger partial charge in [-0.3, -0.25) is 14.5 Å². The van der Waals surface area contributed by atoms with Gasteiger partial charge in [-0.05, 0) is 67.1 Å². The van der Waals surface area contributed by atoms with Crippen LogP contribution >= 0.6 is 15.9 Å². The predicted octanol–water partition coefficient (Wildman–Crippen LogP) is 4.76.